The zero-order valence-electron chi connectivity index (χ0n) is 10.6. The number of anilines is 1. The number of benzene rings is 2. The smallest absolute Gasteiger partial charge is 0.198 e. The van der Waals surface area contributed by atoms with Crippen LogP contribution in [0.2, 0.25) is 0 Å². The van der Waals surface area contributed by atoms with Crippen molar-refractivity contribution in [2.75, 3.05) is 12.0 Å². The SMILES string of the molecule is CSc1cc(O)c2c(c1N)C(=O)c1ccccc1C2=O. The first-order valence-corrected chi connectivity index (χ1v) is 7.16. The normalized spacial score (nSPS) is 13.1. The van der Waals surface area contributed by atoms with Gasteiger partial charge in [-0.15, -0.1) is 11.8 Å². The molecule has 0 heterocycles. The number of aromatic hydroxyl groups is 1. The minimum Gasteiger partial charge on any atom is -0.507 e. The third-order valence-electron chi connectivity index (χ3n) is 3.40. The van der Waals surface area contributed by atoms with Crippen molar-refractivity contribution in [3.8, 4) is 5.75 Å². The minimum absolute atomic E-state index is 0.00370. The fraction of sp³-hybridized carbons (Fsp3) is 0.0667. The van der Waals surface area contributed by atoms with E-state index in [9.17, 15) is 14.7 Å². The van der Waals surface area contributed by atoms with Gasteiger partial charge in [-0.05, 0) is 12.3 Å². The zero-order chi connectivity index (χ0) is 14.4. The van der Waals surface area contributed by atoms with Gasteiger partial charge in [-0.2, -0.15) is 0 Å². The maximum Gasteiger partial charge on any atom is 0.198 e. The Labute approximate surface area is 119 Å². The molecule has 0 aromatic heterocycles. The Bertz CT molecular complexity index is 768. The van der Waals surface area contributed by atoms with Crippen molar-refractivity contribution in [1.82, 2.24) is 0 Å². The second-order valence-corrected chi connectivity index (χ2v) is 5.31. The average Bonchev–Trinajstić information content (AvgIpc) is 2.46. The molecule has 2 aromatic rings. The summed E-state index contributed by atoms with van der Waals surface area (Å²) in [4.78, 5) is 25.6. The number of rotatable bonds is 1. The van der Waals surface area contributed by atoms with Gasteiger partial charge in [-0.25, -0.2) is 0 Å². The van der Waals surface area contributed by atoms with Crippen molar-refractivity contribution in [1.29, 1.82) is 0 Å². The summed E-state index contributed by atoms with van der Waals surface area (Å²) in [5, 5.41) is 10.1. The average molecular weight is 285 g/mol. The third-order valence-corrected chi connectivity index (χ3v) is 4.18. The van der Waals surface area contributed by atoms with E-state index in [2.05, 4.69) is 0 Å². The van der Waals surface area contributed by atoms with Crippen LogP contribution in [0.15, 0.2) is 35.2 Å². The zero-order valence-corrected chi connectivity index (χ0v) is 11.5. The molecule has 5 heteroatoms. The Kier molecular flexibility index (Phi) is 2.79. The van der Waals surface area contributed by atoms with Crippen LogP contribution in [0, 0.1) is 0 Å². The Balaban J connectivity index is 2.39. The van der Waals surface area contributed by atoms with E-state index in [1.165, 1.54) is 17.8 Å². The summed E-state index contributed by atoms with van der Waals surface area (Å²) in [5.41, 5.74) is 6.98. The lowest BCUT2D eigenvalue weighted by molar-refractivity contribution is 0.0977. The Morgan fingerprint density at radius 1 is 1.05 bits per heavy atom. The number of nitrogens with two attached hydrogens (primary N) is 1. The molecule has 100 valence electrons. The standard InChI is InChI=1S/C15H11NO3S/c1-20-10-6-9(17)11-12(13(10)16)15(19)8-5-3-2-4-7(8)14(11)18/h2-6,17H,16H2,1H3. The van der Waals surface area contributed by atoms with E-state index in [4.69, 9.17) is 5.73 Å². The van der Waals surface area contributed by atoms with Gasteiger partial charge in [0.1, 0.15) is 5.75 Å². The molecule has 0 spiro atoms. The maximum atomic E-state index is 12.5. The van der Waals surface area contributed by atoms with Crippen molar-refractivity contribution in [3.05, 3.63) is 52.6 Å². The third kappa shape index (κ3) is 1.56. The van der Waals surface area contributed by atoms with Gasteiger partial charge in [0.25, 0.3) is 0 Å². The number of phenols is 1. The predicted molar refractivity (Wildman–Crippen MR) is 77.6 cm³/mol. The van der Waals surface area contributed by atoms with Crippen LogP contribution in [-0.2, 0) is 0 Å². The number of fused-ring (bicyclic) bond motifs is 2. The monoisotopic (exact) mass is 285 g/mol. The summed E-state index contributed by atoms with van der Waals surface area (Å²) >= 11 is 1.32. The van der Waals surface area contributed by atoms with E-state index in [0.717, 1.165) is 0 Å². The molecule has 0 fully saturated rings. The summed E-state index contributed by atoms with van der Waals surface area (Å²) < 4.78 is 0. The Hall–Kier alpha value is -2.27. The number of thioether (sulfide) groups is 1. The van der Waals surface area contributed by atoms with Gasteiger partial charge in [-0.1, -0.05) is 24.3 Å². The van der Waals surface area contributed by atoms with Crippen LogP contribution in [0.4, 0.5) is 5.69 Å². The first-order chi connectivity index (χ1) is 9.56. The van der Waals surface area contributed by atoms with Crippen LogP contribution in [0.25, 0.3) is 0 Å². The Morgan fingerprint density at radius 2 is 1.60 bits per heavy atom. The molecular weight excluding hydrogens is 274 g/mol. The van der Waals surface area contributed by atoms with E-state index < -0.39 is 0 Å². The highest BCUT2D eigenvalue weighted by atomic mass is 32.2. The molecule has 3 rings (SSSR count). The van der Waals surface area contributed by atoms with Crippen LogP contribution < -0.4 is 5.73 Å². The molecule has 0 saturated carbocycles. The highest BCUT2D eigenvalue weighted by Crippen LogP contribution is 2.40. The highest BCUT2D eigenvalue weighted by molar-refractivity contribution is 7.98. The summed E-state index contributed by atoms with van der Waals surface area (Å²) in [5.74, 6) is -0.891. The van der Waals surface area contributed by atoms with Crippen LogP contribution in [0.1, 0.15) is 31.8 Å². The molecule has 20 heavy (non-hydrogen) atoms. The molecule has 3 N–H and O–H groups in total. The van der Waals surface area contributed by atoms with Crippen LogP contribution in [0.3, 0.4) is 0 Å². The van der Waals surface area contributed by atoms with Gasteiger partial charge in [0.15, 0.2) is 11.6 Å². The lowest BCUT2D eigenvalue weighted by atomic mass is 9.83. The van der Waals surface area contributed by atoms with E-state index >= 15 is 0 Å². The van der Waals surface area contributed by atoms with E-state index in [0.29, 0.717) is 16.0 Å². The van der Waals surface area contributed by atoms with E-state index in [1.807, 2.05) is 0 Å². The predicted octanol–water partition coefficient (Wildman–Crippen LogP) is 2.47. The molecule has 1 aliphatic rings. The molecule has 0 radical (unpaired) electrons. The molecule has 0 aliphatic heterocycles. The number of ketones is 2. The summed E-state index contributed by atoms with van der Waals surface area (Å²) in [6.07, 6.45) is 1.79. The molecule has 0 unspecified atom stereocenters. The minimum atomic E-state index is -0.368. The van der Waals surface area contributed by atoms with Crippen molar-refractivity contribution in [3.63, 3.8) is 0 Å². The van der Waals surface area contributed by atoms with Crippen LogP contribution in [0.5, 0.6) is 5.75 Å². The van der Waals surface area contributed by atoms with Crippen molar-refractivity contribution in [2.24, 2.45) is 0 Å². The van der Waals surface area contributed by atoms with Crippen LogP contribution in [-0.4, -0.2) is 22.9 Å². The van der Waals surface area contributed by atoms with Gasteiger partial charge in [-0.3, -0.25) is 9.59 Å². The number of carbonyl (C=O) groups is 2. The number of hydrogen-bond donors (Lipinski definition) is 2. The summed E-state index contributed by atoms with van der Waals surface area (Å²) in [6, 6.07) is 7.99. The van der Waals surface area contributed by atoms with E-state index in [1.54, 1.807) is 30.5 Å². The molecule has 0 amide bonds. The highest BCUT2D eigenvalue weighted by Gasteiger charge is 2.34. The number of carbonyl (C=O) groups excluding carboxylic acids is 2. The molecule has 1 aliphatic carbocycles. The molecule has 2 aromatic carbocycles. The lowest BCUT2D eigenvalue weighted by Crippen LogP contribution is -2.22. The largest absolute Gasteiger partial charge is 0.507 e. The quantitative estimate of drug-likeness (QED) is 0.408. The summed E-state index contributed by atoms with van der Waals surface area (Å²) in [7, 11) is 0. The second-order valence-electron chi connectivity index (χ2n) is 4.47. The molecular formula is C15H11NO3S. The van der Waals surface area contributed by atoms with Crippen molar-refractivity contribution in [2.45, 2.75) is 4.90 Å². The van der Waals surface area contributed by atoms with Gasteiger partial charge < -0.3 is 10.8 Å². The first-order valence-electron chi connectivity index (χ1n) is 5.94. The van der Waals surface area contributed by atoms with Crippen molar-refractivity contribution >= 4 is 29.0 Å². The maximum absolute atomic E-state index is 12.5. The number of hydrogen-bond acceptors (Lipinski definition) is 5. The van der Waals surface area contributed by atoms with Gasteiger partial charge >= 0.3 is 0 Å². The number of phenolic OH excluding ortho intramolecular Hbond substituents is 1. The second kappa shape index (κ2) is 4.38. The molecule has 0 atom stereocenters. The fourth-order valence-electron chi connectivity index (χ4n) is 2.44. The lowest BCUT2D eigenvalue weighted by Gasteiger charge is -2.21. The van der Waals surface area contributed by atoms with Crippen molar-refractivity contribution < 1.29 is 14.7 Å². The fourth-order valence-corrected chi connectivity index (χ4v) is 2.99. The van der Waals surface area contributed by atoms with Gasteiger partial charge in [0.05, 0.1) is 16.8 Å². The Morgan fingerprint density at radius 3 is 2.15 bits per heavy atom. The number of nitrogen functional groups attached to an aromatic ring is 1. The van der Waals surface area contributed by atoms with Gasteiger partial charge in [0.2, 0.25) is 0 Å². The van der Waals surface area contributed by atoms with Crippen LogP contribution >= 0.6 is 11.8 Å². The van der Waals surface area contributed by atoms with E-state index in [-0.39, 0.29) is 34.1 Å². The molecule has 0 bridgehead atoms. The topological polar surface area (TPSA) is 80.4 Å². The molecule has 0 saturated heterocycles. The molecule has 4 nitrogen and oxygen atoms in total. The first kappa shape index (κ1) is 12.7. The van der Waals surface area contributed by atoms with Gasteiger partial charge in [0, 0.05) is 16.0 Å². The summed E-state index contributed by atoms with van der Waals surface area (Å²) in [6.45, 7) is 0.